The average Bonchev–Trinajstić information content (AvgIpc) is 2.44. The van der Waals surface area contributed by atoms with Crippen LogP contribution in [0.25, 0.3) is 0 Å². The molecule has 5 heteroatoms. The number of nitrogens with two attached hydrogens (primary N) is 1. The van der Waals surface area contributed by atoms with Gasteiger partial charge in [-0.1, -0.05) is 50.6 Å². The van der Waals surface area contributed by atoms with Crippen molar-refractivity contribution in [2.75, 3.05) is 0 Å². The standard InChI is InChI=1S/C16H24N2O3/c1-4-11(2)14(15(17)20)18-13(19)10-16(3,21)12-8-6-5-7-9-12/h5-9,11,14,21H,4,10H2,1-3H3,(H2,17,20)(H,18,19). The highest BCUT2D eigenvalue weighted by molar-refractivity contribution is 5.87. The molecule has 1 aromatic carbocycles. The number of carbonyl (C=O) groups is 2. The average molecular weight is 292 g/mol. The Balaban J connectivity index is 2.74. The lowest BCUT2D eigenvalue weighted by atomic mass is 9.91. The quantitative estimate of drug-likeness (QED) is 0.707. The summed E-state index contributed by atoms with van der Waals surface area (Å²) in [5.74, 6) is -1.00. The minimum Gasteiger partial charge on any atom is -0.385 e. The molecule has 3 atom stereocenters. The van der Waals surface area contributed by atoms with Crippen LogP contribution in [0, 0.1) is 5.92 Å². The summed E-state index contributed by atoms with van der Waals surface area (Å²) < 4.78 is 0. The molecule has 0 fully saturated rings. The summed E-state index contributed by atoms with van der Waals surface area (Å²) in [4.78, 5) is 23.5. The van der Waals surface area contributed by atoms with Crippen LogP contribution in [0.5, 0.6) is 0 Å². The predicted octanol–water partition coefficient (Wildman–Crippen LogP) is 1.30. The van der Waals surface area contributed by atoms with Gasteiger partial charge in [0.25, 0.3) is 0 Å². The maximum Gasteiger partial charge on any atom is 0.240 e. The van der Waals surface area contributed by atoms with Crippen molar-refractivity contribution in [3.8, 4) is 0 Å². The summed E-state index contributed by atoms with van der Waals surface area (Å²) in [6.07, 6.45) is 0.597. The van der Waals surface area contributed by atoms with Crippen LogP contribution in [0.15, 0.2) is 30.3 Å². The van der Waals surface area contributed by atoms with Gasteiger partial charge in [-0.3, -0.25) is 9.59 Å². The fraction of sp³-hybridized carbons (Fsp3) is 0.500. The van der Waals surface area contributed by atoms with Gasteiger partial charge in [-0.25, -0.2) is 0 Å². The molecule has 2 amide bonds. The molecule has 0 radical (unpaired) electrons. The van der Waals surface area contributed by atoms with Crippen molar-refractivity contribution in [2.45, 2.75) is 45.3 Å². The summed E-state index contributed by atoms with van der Waals surface area (Å²) in [5.41, 5.74) is 4.68. The number of nitrogens with one attached hydrogen (secondary N) is 1. The number of amides is 2. The Bertz CT molecular complexity index is 486. The summed E-state index contributed by atoms with van der Waals surface area (Å²) in [5, 5.41) is 13.0. The third-order valence-corrected chi connectivity index (χ3v) is 3.74. The van der Waals surface area contributed by atoms with Crippen molar-refractivity contribution < 1.29 is 14.7 Å². The number of hydrogen-bond donors (Lipinski definition) is 3. The zero-order valence-corrected chi connectivity index (χ0v) is 12.8. The van der Waals surface area contributed by atoms with E-state index in [9.17, 15) is 14.7 Å². The van der Waals surface area contributed by atoms with E-state index in [1.54, 1.807) is 31.2 Å². The van der Waals surface area contributed by atoms with Crippen molar-refractivity contribution in [2.24, 2.45) is 11.7 Å². The van der Waals surface area contributed by atoms with Crippen molar-refractivity contribution in [3.05, 3.63) is 35.9 Å². The largest absolute Gasteiger partial charge is 0.385 e. The lowest BCUT2D eigenvalue weighted by Gasteiger charge is -2.26. The minimum absolute atomic E-state index is 0.0480. The van der Waals surface area contributed by atoms with Gasteiger partial charge in [0.05, 0.1) is 12.0 Å². The number of aliphatic hydroxyl groups is 1. The molecule has 0 spiro atoms. The fourth-order valence-corrected chi connectivity index (χ4v) is 2.17. The highest BCUT2D eigenvalue weighted by Gasteiger charge is 2.29. The third-order valence-electron chi connectivity index (χ3n) is 3.74. The number of carbonyl (C=O) groups excluding carboxylic acids is 2. The molecule has 0 saturated carbocycles. The summed E-state index contributed by atoms with van der Waals surface area (Å²) in [7, 11) is 0. The number of hydrogen-bond acceptors (Lipinski definition) is 3. The first-order valence-corrected chi connectivity index (χ1v) is 7.14. The van der Waals surface area contributed by atoms with Gasteiger partial charge in [0.2, 0.25) is 11.8 Å². The van der Waals surface area contributed by atoms with Crippen LogP contribution in [0.2, 0.25) is 0 Å². The van der Waals surface area contributed by atoms with Crippen molar-refractivity contribution in [1.29, 1.82) is 0 Å². The number of primary amides is 1. The van der Waals surface area contributed by atoms with E-state index in [2.05, 4.69) is 5.32 Å². The molecule has 0 aliphatic carbocycles. The van der Waals surface area contributed by atoms with E-state index >= 15 is 0 Å². The molecule has 0 aromatic heterocycles. The normalized spacial score (nSPS) is 16.6. The second-order valence-electron chi connectivity index (χ2n) is 5.65. The molecule has 1 aromatic rings. The molecule has 4 N–H and O–H groups in total. The van der Waals surface area contributed by atoms with Crippen molar-refractivity contribution in [1.82, 2.24) is 5.32 Å². The number of benzene rings is 1. The first-order chi connectivity index (χ1) is 9.77. The minimum atomic E-state index is -1.29. The molecule has 0 aliphatic heterocycles. The van der Waals surface area contributed by atoms with E-state index in [0.717, 1.165) is 6.42 Å². The maximum atomic E-state index is 12.1. The summed E-state index contributed by atoms with van der Waals surface area (Å²) >= 11 is 0. The molecular weight excluding hydrogens is 268 g/mol. The third kappa shape index (κ3) is 4.86. The SMILES string of the molecule is CCC(C)C(NC(=O)CC(C)(O)c1ccccc1)C(N)=O. The molecule has 0 heterocycles. The molecule has 5 nitrogen and oxygen atoms in total. The summed E-state index contributed by atoms with van der Waals surface area (Å²) in [6, 6.07) is 8.24. The lowest BCUT2D eigenvalue weighted by molar-refractivity contribution is -0.131. The predicted molar refractivity (Wildman–Crippen MR) is 81.2 cm³/mol. The smallest absolute Gasteiger partial charge is 0.240 e. The van der Waals surface area contributed by atoms with Crippen molar-refractivity contribution in [3.63, 3.8) is 0 Å². The Morgan fingerprint density at radius 1 is 1.33 bits per heavy atom. The van der Waals surface area contributed by atoms with Gasteiger partial charge >= 0.3 is 0 Å². The maximum absolute atomic E-state index is 12.1. The Morgan fingerprint density at radius 3 is 2.38 bits per heavy atom. The van der Waals surface area contributed by atoms with E-state index in [-0.39, 0.29) is 12.3 Å². The molecule has 116 valence electrons. The van der Waals surface area contributed by atoms with Crippen LogP contribution in [-0.4, -0.2) is 23.0 Å². The molecule has 0 aliphatic rings. The molecular formula is C16H24N2O3. The zero-order chi connectivity index (χ0) is 16.0. The van der Waals surface area contributed by atoms with Gasteiger partial charge in [0.15, 0.2) is 0 Å². The van der Waals surface area contributed by atoms with E-state index in [0.29, 0.717) is 5.56 Å². The Kier molecular flexibility index (Phi) is 5.90. The molecule has 0 bridgehead atoms. The number of rotatable bonds is 7. The monoisotopic (exact) mass is 292 g/mol. The van der Waals surface area contributed by atoms with Crippen LogP contribution in [0.3, 0.4) is 0 Å². The first kappa shape index (κ1) is 17.2. The van der Waals surface area contributed by atoms with Crippen molar-refractivity contribution >= 4 is 11.8 Å². The van der Waals surface area contributed by atoms with E-state index in [1.165, 1.54) is 0 Å². The highest BCUT2D eigenvalue weighted by atomic mass is 16.3. The lowest BCUT2D eigenvalue weighted by Crippen LogP contribution is -2.49. The second kappa shape index (κ2) is 7.22. The molecule has 0 saturated heterocycles. The fourth-order valence-electron chi connectivity index (χ4n) is 2.17. The van der Waals surface area contributed by atoms with Crippen LogP contribution >= 0.6 is 0 Å². The Hall–Kier alpha value is -1.88. The van der Waals surface area contributed by atoms with Gasteiger partial charge < -0.3 is 16.2 Å². The Morgan fingerprint density at radius 2 is 1.90 bits per heavy atom. The van der Waals surface area contributed by atoms with Gasteiger partial charge in [-0.15, -0.1) is 0 Å². The summed E-state index contributed by atoms with van der Waals surface area (Å²) in [6.45, 7) is 5.35. The van der Waals surface area contributed by atoms with E-state index in [1.807, 2.05) is 19.9 Å². The van der Waals surface area contributed by atoms with Gasteiger partial charge in [-0.05, 0) is 18.4 Å². The molecule has 21 heavy (non-hydrogen) atoms. The van der Waals surface area contributed by atoms with Crippen LogP contribution in [-0.2, 0) is 15.2 Å². The van der Waals surface area contributed by atoms with Gasteiger partial charge in [0, 0.05) is 0 Å². The van der Waals surface area contributed by atoms with E-state index < -0.39 is 23.5 Å². The molecule has 1 rings (SSSR count). The zero-order valence-electron chi connectivity index (χ0n) is 12.8. The van der Waals surface area contributed by atoms with Crippen LogP contribution < -0.4 is 11.1 Å². The van der Waals surface area contributed by atoms with Crippen LogP contribution in [0.4, 0.5) is 0 Å². The Labute approximate surface area is 125 Å². The molecule has 3 unspecified atom stereocenters. The van der Waals surface area contributed by atoms with Gasteiger partial charge in [0.1, 0.15) is 6.04 Å². The second-order valence-corrected chi connectivity index (χ2v) is 5.65. The highest BCUT2D eigenvalue weighted by Crippen LogP contribution is 2.24. The topological polar surface area (TPSA) is 92.4 Å². The van der Waals surface area contributed by atoms with Crippen LogP contribution in [0.1, 0.15) is 39.2 Å². The van der Waals surface area contributed by atoms with E-state index in [4.69, 9.17) is 5.73 Å². The van der Waals surface area contributed by atoms with Gasteiger partial charge in [-0.2, -0.15) is 0 Å². The first-order valence-electron chi connectivity index (χ1n) is 7.14.